The Morgan fingerprint density at radius 1 is 1.32 bits per heavy atom. The van der Waals surface area contributed by atoms with Gasteiger partial charge in [-0.25, -0.2) is 14.4 Å². The van der Waals surface area contributed by atoms with E-state index in [1.165, 1.54) is 12.4 Å². The molecule has 100 valence electrons. The molecule has 1 heterocycles. The minimum atomic E-state index is -0.426. The molecule has 2 rings (SSSR count). The van der Waals surface area contributed by atoms with Gasteiger partial charge >= 0.3 is 0 Å². The van der Waals surface area contributed by atoms with E-state index in [9.17, 15) is 4.39 Å². The minimum Gasteiger partial charge on any atom is -0.373 e. The van der Waals surface area contributed by atoms with Crippen LogP contribution in [-0.4, -0.2) is 17.0 Å². The minimum absolute atomic E-state index is 0.101. The fraction of sp³-hybridized carbons (Fsp3) is 0.286. The Bertz CT molecular complexity index is 587. The lowest BCUT2D eigenvalue weighted by molar-refractivity contribution is 0.628. The summed E-state index contributed by atoms with van der Waals surface area (Å²) in [6.45, 7) is 2.09. The number of rotatable bonds is 4. The Morgan fingerprint density at radius 3 is 2.74 bits per heavy atom. The average Bonchev–Trinajstić information content (AvgIpc) is 2.42. The molecule has 1 aromatic carbocycles. The molecule has 0 atom stereocenters. The van der Waals surface area contributed by atoms with E-state index in [0.29, 0.717) is 0 Å². The quantitative estimate of drug-likeness (QED) is 0.921. The average molecular weight is 280 g/mol. The molecule has 0 saturated carbocycles. The van der Waals surface area contributed by atoms with Gasteiger partial charge in [0.05, 0.1) is 10.7 Å². The summed E-state index contributed by atoms with van der Waals surface area (Å²) in [4.78, 5) is 8.53. The molecular weight excluding hydrogens is 265 g/mol. The Kier molecular flexibility index (Phi) is 4.32. The first-order valence-corrected chi connectivity index (χ1v) is 6.52. The number of hydrogen-bond donors (Lipinski definition) is 1. The summed E-state index contributed by atoms with van der Waals surface area (Å²) in [6.07, 6.45) is 3.32. The van der Waals surface area contributed by atoms with Crippen LogP contribution in [0.3, 0.4) is 0 Å². The van der Waals surface area contributed by atoms with Gasteiger partial charge in [-0.05, 0) is 24.6 Å². The van der Waals surface area contributed by atoms with Gasteiger partial charge in [0.2, 0.25) is 0 Å². The molecule has 0 aliphatic heterocycles. The number of nitrogens with zero attached hydrogens (tertiary/aromatic N) is 2. The van der Waals surface area contributed by atoms with Crippen molar-refractivity contribution in [1.29, 1.82) is 0 Å². The second-order valence-corrected chi connectivity index (χ2v) is 4.59. The highest BCUT2D eigenvalue weighted by atomic mass is 35.5. The first kappa shape index (κ1) is 13.7. The van der Waals surface area contributed by atoms with Crippen LogP contribution < -0.4 is 5.32 Å². The standard InChI is InChI=1S/C14H15ClFN3/c1-3-4-10-13(18-8-19-14(10)17-2)9-5-6-12(16)11(15)7-9/h5-8H,3-4H2,1-2H3,(H,17,18,19). The van der Waals surface area contributed by atoms with Gasteiger partial charge in [0.25, 0.3) is 0 Å². The summed E-state index contributed by atoms with van der Waals surface area (Å²) in [5, 5.41) is 3.16. The highest BCUT2D eigenvalue weighted by Gasteiger charge is 2.13. The van der Waals surface area contributed by atoms with E-state index < -0.39 is 5.82 Å². The van der Waals surface area contributed by atoms with Gasteiger partial charge < -0.3 is 5.32 Å². The van der Waals surface area contributed by atoms with Crippen LogP contribution in [0.5, 0.6) is 0 Å². The van der Waals surface area contributed by atoms with E-state index >= 15 is 0 Å². The third kappa shape index (κ3) is 2.84. The van der Waals surface area contributed by atoms with Gasteiger partial charge in [-0.15, -0.1) is 0 Å². The van der Waals surface area contributed by atoms with Gasteiger partial charge in [-0.2, -0.15) is 0 Å². The van der Waals surface area contributed by atoms with Crippen LogP contribution in [0.1, 0.15) is 18.9 Å². The van der Waals surface area contributed by atoms with Crippen molar-refractivity contribution < 1.29 is 4.39 Å². The van der Waals surface area contributed by atoms with Crippen molar-refractivity contribution in [2.24, 2.45) is 0 Å². The number of nitrogens with one attached hydrogen (secondary N) is 1. The van der Waals surface area contributed by atoms with E-state index in [-0.39, 0.29) is 5.02 Å². The molecule has 0 unspecified atom stereocenters. The van der Waals surface area contributed by atoms with Crippen molar-refractivity contribution in [3.05, 3.63) is 40.9 Å². The van der Waals surface area contributed by atoms with E-state index in [1.807, 2.05) is 7.05 Å². The summed E-state index contributed by atoms with van der Waals surface area (Å²) >= 11 is 5.83. The number of anilines is 1. The lowest BCUT2D eigenvalue weighted by atomic mass is 10.0. The molecule has 2 aromatic rings. The molecule has 19 heavy (non-hydrogen) atoms. The van der Waals surface area contributed by atoms with Crippen molar-refractivity contribution in [2.45, 2.75) is 19.8 Å². The Balaban J connectivity index is 2.57. The van der Waals surface area contributed by atoms with Crippen molar-refractivity contribution in [3.8, 4) is 11.3 Å². The number of hydrogen-bond acceptors (Lipinski definition) is 3. The molecule has 0 spiro atoms. The smallest absolute Gasteiger partial charge is 0.141 e. The van der Waals surface area contributed by atoms with E-state index in [4.69, 9.17) is 11.6 Å². The summed E-state index contributed by atoms with van der Waals surface area (Å²) in [5.41, 5.74) is 2.62. The maximum Gasteiger partial charge on any atom is 0.141 e. The zero-order chi connectivity index (χ0) is 13.8. The first-order valence-electron chi connectivity index (χ1n) is 6.14. The third-order valence-corrected chi connectivity index (χ3v) is 3.16. The zero-order valence-electron chi connectivity index (χ0n) is 10.9. The zero-order valence-corrected chi connectivity index (χ0v) is 11.6. The van der Waals surface area contributed by atoms with Crippen LogP contribution in [0.25, 0.3) is 11.3 Å². The first-order chi connectivity index (χ1) is 9.17. The maximum absolute atomic E-state index is 13.2. The number of aromatic nitrogens is 2. The fourth-order valence-corrected chi connectivity index (χ4v) is 2.19. The molecule has 0 fully saturated rings. The van der Waals surface area contributed by atoms with Crippen molar-refractivity contribution >= 4 is 17.4 Å². The van der Waals surface area contributed by atoms with Crippen molar-refractivity contribution in [3.63, 3.8) is 0 Å². The molecule has 0 amide bonds. The van der Waals surface area contributed by atoms with Crippen molar-refractivity contribution in [2.75, 3.05) is 12.4 Å². The predicted octanol–water partition coefficient (Wildman–Crippen LogP) is 3.93. The predicted molar refractivity (Wildman–Crippen MR) is 76.0 cm³/mol. The molecule has 0 saturated heterocycles. The van der Waals surface area contributed by atoms with Gasteiger partial charge in [0.15, 0.2) is 0 Å². The third-order valence-electron chi connectivity index (χ3n) is 2.88. The SMILES string of the molecule is CCCc1c(NC)ncnc1-c1ccc(F)c(Cl)c1. The Hall–Kier alpha value is -1.68. The highest BCUT2D eigenvalue weighted by Crippen LogP contribution is 2.29. The lowest BCUT2D eigenvalue weighted by Gasteiger charge is -2.12. The normalized spacial score (nSPS) is 10.5. The van der Waals surface area contributed by atoms with E-state index in [2.05, 4.69) is 22.2 Å². The highest BCUT2D eigenvalue weighted by molar-refractivity contribution is 6.31. The van der Waals surface area contributed by atoms with Gasteiger partial charge in [-0.3, -0.25) is 0 Å². The van der Waals surface area contributed by atoms with Gasteiger partial charge in [0, 0.05) is 18.2 Å². The lowest BCUT2D eigenvalue weighted by Crippen LogP contribution is -2.03. The molecule has 5 heteroatoms. The second-order valence-electron chi connectivity index (χ2n) is 4.18. The topological polar surface area (TPSA) is 37.8 Å². The Morgan fingerprint density at radius 2 is 2.11 bits per heavy atom. The summed E-state index contributed by atoms with van der Waals surface area (Å²) < 4.78 is 13.2. The molecule has 0 aliphatic rings. The van der Waals surface area contributed by atoms with Crippen molar-refractivity contribution in [1.82, 2.24) is 9.97 Å². The Labute approximate surface area is 116 Å². The molecule has 0 radical (unpaired) electrons. The van der Waals surface area contributed by atoms with E-state index in [1.54, 1.807) is 12.1 Å². The summed E-state index contributed by atoms with van der Waals surface area (Å²) in [6, 6.07) is 4.63. The maximum atomic E-state index is 13.2. The van der Waals surface area contributed by atoms with E-state index in [0.717, 1.165) is 35.5 Å². The van der Waals surface area contributed by atoms with Crippen LogP contribution in [0.4, 0.5) is 10.2 Å². The molecule has 3 nitrogen and oxygen atoms in total. The van der Waals surface area contributed by atoms with Crippen LogP contribution >= 0.6 is 11.6 Å². The molecule has 0 bridgehead atoms. The van der Waals surface area contributed by atoms with Gasteiger partial charge in [0.1, 0.15) is 18.0 Å². The molecule has 0 aliphatic carbocycles. The van der Waals surface area contributed by atoms with Crippen LogP contribution in [0.15, 0.2) is 24.5 Å². The fourth-order valence-electron chi connectivity index (χ4n) is 2.01. The number of benzene rings is 1. The molecule has 1 N–H and O–H groups in total. The number of halogens is 2. The van der Waals surface area contributed by atoms with Crippen LogP contribution in [0.2, 0.25) is 5.02 Å². The van der Waals surface area contributed by atoms with Gasteiger partial charge in [-0.1, -0.05) is 24.9 Å². The molecular formula is C14H15ClFN3. The largest absolute Gasteiger partial charge is 0.373 e. The monoisotopic (exact) mass is 279 g/mol. The summed E-state index contributed by atoms with van der Waals surface area (Å²) in [7, 11) is 1.82. The van der Waals surface area contributed by atoms with Crippen LogP contribution in [-0.2, 0) is 6.42 Å². The van der Waals surface area contributed by atoms with Crippen LogP contribution in [0, 0.1) is 5.82 Å². The second kappa shape index (κ2) is 5.97. The summed E-state index contributed by atoms with van der Waals surface area (Å²) in [5.74, 6) is 0.373. The molecule has 1 aromatic heterocycles.